The van der Waals surface area contributed by atoms with Crippen molar-refractivity contribution in [2.45, 2.75) is 84.0 Å². The van der Waals surface area contributed by atoms with Crippen molar-refractivity contribution in [1.29, 1.82) is 0 Å². The molecule has 0 spiro atoms. The molecule has 0 fully saturated rings. The predicted molar refractivity (Wildman–Crippen MR) is 124 cm³/mol. The van der Waals surface area contributed by atoms with Crippen LogP contribution in [0.5, 0.6) is 0 Å². The zero-order valence-corrected chi connectivity index (χ0v) is 19.5. The molecule has 0 aliphatic rings. The molecule has 0 aromatic heterocycles. The maximum Gasteiger partial charge on any atom is 0.0971 e. The minimum Gasteiger partial charge on any atom is -0.328 e. The highest BCUT2D eigenvalue weighted by molar-refractivity contribution is 4.71. The zero-order chi connectivity index (χ0) is 20.4. The molecule has 0 aliphatic carbocycles. The van der Waals surface area contributed by atoms with Gasteiger partial charge in [0.15, 0.2) is 0 Å². The maximum absolute atomic E-state index is 3.92. The number of hydrogen-bond acceptors (Lipinski definition) is 0. The van der Waals surface area contributed by atoms with Gasteiger partial charge in [0.05, 0.1) is 53.9 Å². The van der Waals surface area contributed by atoms with Crippen LogP contribution in [0.4, 0.5) is 0 Å². The molecule has 0 amide bonds. The SMILES string of the molecule is C=CC[N+](C)(CC=C)CCCC[N+](C)(C)CCCCCCCCCCCC. The Morgan fingerprint density at radius 2 is 0.926 bits per heavy atom. The highest BCUT2D eigenvalue weighted by Gasteiger charge is 2.19. The van der Waals surface area contributed by atoms with Crippen LogP contribution in [0.2, 0.25) is 0 Å². The van der Waals surface area contributed by atoms with E-state index >= 15 is 0 Å². The van der Waals surface area contributed by atoms with Gasteiger partial charge in [-0.15, -0.1) is 0 Å². The summed E-state index contributed by atoms with van der Waals surface area (Å²) in [5, 5.41) is 0. The van der Waals surface area contributed by atoms with Gasteiger partial charge in [-0.25, -0.2) is 0 Å². The molecule has 0 aromatic rings. The molecule has 0 bridgehead atoms. The first-order valence-corrected chi connectivity index (χ1v) is 11.8. The summed E-state index contributed by atoms with van der Waals surface area (Å²) < 4.78 is 2.24. The highest BCUT2D eigenvalue weighted by atomic mass is 15.3. The van der Waals surface area contributed by atoms with Crippen molar-refractivity contribution in [1.82, 2.24) is 0 Å². The van der Waals surface area contributed by atoms with Gasteiger partial charge in [-0.05, 0) is 25.0 Å². The summed E-state index contributed by atoms with van der Waals surface area (Å²) >= 11 is 0. The van der Waals surface area contributed by atoms with Crippen molar-refractivity contribution in [3.8, 4) is 0 Å². The second-order valence-electron chi connectivity index (χ2n) is 9.56. The van der Waals surface area contributed by atoms with Crippen molar-refractivity contribution in [2.75, 3.05) is 53.9 Å². The molecular formula is C25H52N2+2. The van der Waals surface area contributed by atoms with Crippen LogP contribution >= 0.6 is 0 Å². The Morgan fingerprint density at radius 3 is 1.37 bits per heavy atom. The molecule has 0 N–H and O–H groups in total. The lowest BCUT2D eigenvalue weighted by atomic mass is 10.1. The van der Waals surface area contributed by atoms with Gasteiger partial charge in [-0.2, -0.15) is 0 Å². The number of likely N-dealkylation sites (N-methyl/N-ethyl adjacent to an activating group) is 1. The number of hydrogen-bond donors (Lipinski definition) is 0. The Morgan fingerprint density at radius 1 is 0.556 bits per heavy atom. The monoisotopic (exact) mass is 380 g/mol. The van der Waals surface area contributed by atoms with Crippen LogP contribution in [0, 0.1) is 0 Å². The van der Waals surface area contributed by atoms with Crippen molar-refractivity contribution in [3.05, 3.63) is 25.3 Å². The van der Waals surface area contributed by atoms with Gasteiger partial charge in [0.25, 0.3) is 0 Å². The number of unbranched alkanes of at least 4 members (excludes halogenated alkanes) is 10. The molecule has 0 radical (unpaired) electrons. The van der Waals surface area contributed by atoms with Crippen LogP contribution in [-0.2, 0) is 0 Å². The second kappa shape index (κ2) is 16.4. The van der Waals surface area contributed by atoms with E-state index in [0.29, 0.717) is 0 Å². The van der Waals surface area contributed by atoms with E-state index in [1.54, 1.807) is 0 Å². The molecule has 2 nitrogen and oxygen atoms in total. The van der Waals surface area contributed by atoms with Crippen LogP contribution in [0.1, 0.15) is 84.0 Å². The standard InChI is InChI=1S/C25H52N2/c1-7-10-11-12-13-14-15-16-17-18-23-26(4,5)24-19-20-25-27(6,21-8-2)22-9-3/h8-9H,2-3,7,10-25H2,1,4-6H3/q+2. The lowest BCUT2D eigenvalue weighted by molar-refractivity contribution is -0.902. The second-order valence-corrected chi connectivity index (χ2v) is 9.56. The smallest absolute Gasteiger partial charge is 0.0971 e. The maximum atomic E-state index is 3.92. The van der Waals surface area contributed by atoms with E-state index in [1.165, 1.54) is 101 Å². The lowest BCUT2D eigenvalue weighted by Crippen LogP contribution is -2.46. The third-order valence-electron chi connectivity index (χ3n) is 5.97. The minimum atomic E-state index is 1.04. The van der Waals surface area contributed by atoms with Gasteiger partial charge in [0.1, 0.15) is 0 Å². The molecule has 0 unspecified atom stereocenters. The van der Waals surface area contributed by atoms with Gasteiger partial charge < -0.3 is 8.97 Å². The van der Waals surface area contributed by atoms with E-state index in [0.717, 1.165) is 17.6 Å². The van der Waals surface area contributed by atoms with Crippen LogP contribution in [0.15, 0.2) is 25.3 Å². The van der Waals surface area contributed by atoms with Crippen LogP contribution in [0.3, 0.4) is 0 Å². The van der Waals surface area contributed by atoms with Gasteiger partial charge in [-0.1, -0.05) is 71.4 Å². The normalized spacial score (nSPS) is 12.3. The summed E-state index contributed by atoms with van der Waals surface area (Å²) in [5.41, 5.74) is 0. The predicted octanol–water partition coefficient (Wildman–Crippen LogP) is 6.58. The molecule has 0 saturated heterocycles. The Bertz CT molecular complexity index is 349. The van der Waals surface area contributed by atoms with Crippen LogP contribution in [-0.4, -0.2) is 62.8 Å². The zero-order valence-electron chi connectivity index (χ0n) is 19.5. The van der Waals surface area contributed by atoms with E-state index in [1.807, 2.05) is 0 Å². The largest absolute Gasteiger partial charge is 0.328 e. The van der Waals surface area contributed by atoms with Crippen LogP contribution in [0.25, 0.3) is 0 Å². The fourth-order valence-corrected chi connectivity index (χ4v) is 4.05. The summed E-state index contributed by atoms with van der Waals surface area (Å²) in [5.74, 6) is 0. The van der Waals surface area contributed by atoms with Gasteiger partial charge in [0.2, 0.25) is 0 Å². The molecule has 0 rings (SSSR count). The van der Waals surface area contributed by atoms with E-state index in [9.17, 15) is 0 Å². The first-order chi connectivity index (χ1) is 12.9. The van der Waals surface area contributed by atoms with Crippen molar-refractivity contribution >= 4 is 0 Å². The summed E-state index contributed by atoms with van der Waals surface area (Å²) in [6, 6.07) is 0. The lowest BCUT2D eigenvalue weighted by Gasteiger charge is -2.34. The average molecular weight is 381 g/mol. The molecule has 0 aromatic carbocycles. The molecule has 0 heterocycles. The van der Waals surface area contributed by atoms with Gasteiger partial charge in [-0.3, -0.25) is 0 Å². The fraction of sp³-hybridized carbons (Fsp3) is 0.840. The fourth-order valence-electron chi connectivity index (χ4n) is 4.05. The van der Waals surface area contributed by atoms with E-state index in [-0.39, 0.29) is 0 Å². The van der Waals surface area contributed by atoms with Crippen molar-refractivity contribution in [2.24, 2.45) is 0 Å². The summed E-state index contributed by atoms with van der Waals surface area (Å²) in [6.07, 6.45) is 21.0. The van der Waals surface area contributed by atoms with E-state index < -0.39 is 0 Å². The summed E-state index contributed by atoms with van der Waals surface area (Å²) in [7, 11) is 7.15. The molecular weight excluding hydrogens is 328 g/mol. The van der Waals surface area contributed by atoms with Gasteiger partial charge in [0, 0.05) is 12.8 Å². The Balaban J connectivity index is 3.70. The summed E-state index contributed by atoms with van der Waals surface area (Å²) in [6.45, 7) is 16.1. The molecule has 0 aliphatic heterocycles. The van der Waals surface area contributed by atoms with Crippen LogP contribution < -0.4 is 0 Å². The Hall–Kier alpha value is -0.600. The summed E-state index contributed by atoms with van der Waals surface area (Å²) in [4.78, 5) is 0. The quantitative estimate of drug-likeness (QED) is 0.127. The number of rotatable bonds is 20. The van der Waals surface area contributed by atoms with E-state index in [4.69, 9.17) is 0 Å². The molecule has 27 heavy (non-hydrogen) atoms. The first-order valence-electron chi connectivity index (χ1n) is 11.8. The highest BCUT2D eigenvalue weighted by Crippen LogP contribution is 2.13. The minimum absolute atomic E-state index is 1.04. The molecule has 2 heteroatoms. The molecule has 160 valence electrons. The molecule has 0 atom stereocenters. The Labute approximate surface area is 172 Å². The third kappa shape index (κ3) is 16.1. The number of nitrogens with zero attached hydrogens (tertiary/aromatic N) is 2. The molecule has 0 saturated carbocycles. The third-order valence-corrected chi connectivity index (χ3v) is 5.97. The van der Waals surface area contributed by atoms with Gasteiger partial charge >= 0.3 is 0 Å². The first kappa shape index (κ1) is 26.4. The number of quaternary nitrogens is 2. The van der Waals surface area contributed by atoms with Crippen molar-refractivity contribution < 1.29 is 8.97 Å². The topological polar surface area (TPSA) is 0 Å². The van der Waals surface area contributed by atoms with E-state index in [2.05, 4.69) is 53.4 Å². The Kier molecular flexibility index (Phi) is 16.0. The average Bonchev–Trinajstić information content (AvgIpc) is 2.61. The van der Waals surface area contributed by atoms with Crippen molar-refractivity contribution in [3.63, 3.8) is 0 Å².